The number of hydrogen-bond donors (Lipinski definition) is 0. The van der Waals surface area contributed by atoms with E-state index in [9.17, 15) is 8.78 Å². The largest absolute Gasteiger partial charge is 0.494 e. The van der Waals surface area contributed by atoms with Gasteiger partial charge in [0, 0.05) is 11.1 Å². The van der Waals surface area contributed by atoms with E-state index in [0.29, 0.717) is 36.1 Å². The SMILES string of the molecule is C/C(=C(/OCCCCOc1cccc(Cl)c1)c1ccc(F)cc1F)n1cncn1. The van der Waals surface area contributed by atoms with Crippen LogP contribution in [0.5, 0.6) is 5.75 Å². The van der Waals surface area contributed by atoms with Crippen molar-refractivity contribution in [2.24, 2.45) is 0 Å². The number of benzene rings is 2. The summed E-state index contributed by atoms with van der Waals surface area (Å²) in [6.07, 6.45) is 4.26. The summed E-state index contributed by atoms with van der Waals surface area (Å²) in [4.78, 5) is 3.89. The molecule has 1 heterocycles. The minimum atomic E-state index is -0.705. The van der Waals surface area contributed by atoms with E-state index in [-0.39, 0.29) is 11.3 Å². The summed E-state index contributed by atoms with van der Waals surface area (Å²) >= 11 is 5.92. The van der Waals surface area contributed by atoms with E-state index in [2.05, 4.69) is 10.1 Å². The third kappa shape index (κ3) is 5.77. The smallest absolute Gasteiger partial charge is 0.150 e. The Hall–Kier alpha value is -2.93. The zero-order chi connectivity index (χ0) is 20.6. The van der Waals surface area contributed by atoms with E-state index in [1.54, 1.807) is 19.1 Å². The fraction of sp³-hybridized carbons (Fsp3) is 0.238. The molecule has 0 aliphatic carbocycles. The van der Waals surface area contributed by atoms with Crippen LogP contribution in [0.1, 0.15) is 25.3 Å². The molecule has 0 aliphatic rings. The van der Waals surface area contributed by atoms with Gasteiger partial charge >= 0.3 is 0 Å². The maximum Gasteiger partial charge on any atom is 0.150 e. The zero-order valence-corrected chi connectivity index (χ0v) is 16.6. The second-order valence-electron chi connectivity index (χ2n) is 6.24. The monoisotopic (exact) mass is 419 g/mol. The van der Waals surface area contributed by atoms with Crippen molar-refractivity contribution in [1.82, 2.24) is 14.8 Å². The number of halogens is 3. The van der Waals surface area contributed by atoms with Crippen LogP contribution in [0, 0.1) is 11.6 Å². The molecule has 0 saturated carbocycles. The Morgan fingerprint density at radius 3 is 2.66 bits per heavy atom. The predicted molar refractivity (Wildman–Crippen MR) is 107 cm³/mol. The molecule has 0 bridgehead atoms. The van der Waals surface area contributed by atoms with Crippen LogP contribution in [-0.2, 0) is 4.74 Å². The van der Waals surface area contributed by atoms with Gasteiger partial charge in [0.2, 0.25) is 0 Å². The lowest BCUT2D eigenvalue weighted by molar-refractivity contribution is 0.243. The average molecular weight is 420 g/mol. The summed E-state index contributed by atoms with van der Waals surface area (Å²) in [5.74, 6) is -0.371. The Bertz CT molecular complexity index is 978. The summed E-state index contributed by atoms with van der Waals surface area (Å²) in [6.45, 7) is 2.56. The first-order valence-corrected chi connectivity index (χ1v) is 9.45. The average Bonchev–Trinajstić information content (AvgIpc) is 3.23. The Morgan fingerprint density at radius 1 is 1.10 bits per heavy atom. The molecule has 0 atom stereocenters. The number of unbranched alkanes of at least 4 members (excludes halogenated alkanes) is 1. The Balaban J connectivity index is 1.61. The topological polar surface area (TPSA) is 49.2 Å². The molecule has 0 unspecified atom stereocenters. The lowest BCUT2D eigenvalue weighted by Crippen LogP contribution is -2.06. The molecule has 152 valence electrons. The molecular weight excluding hydrogens is 400 g/mol. The van der Waals surface area contributed by atoms with Gasteiger partial charge in [-0.25, -0.2) is 18.4 Å². The van der Waals surface area contributed by atoms with Gasteiger partial charge in [-0.1, -0.05) is 17.7 Å². The van der Waals surface area contributed by atoms with Gasteiger partial charge in [0.15, 0.2) is 5.76 Å². The van der Waals surface area contributed by atoms with E-state index in [1.807, 2.05) is 12.1 Å². The van der Waals surface area contributed by atoms with Crippen molar-refractivity contribution in [2.45, 2.75) is 19.8 Å². The van der Waals surface area contributed by atoms with Crippen LogP contribution in [0.15, 0.2) is 55.1 Å². The fourth-order valence-electron chi connectivity index (χ4n) is 2.66. The molecule has 0 saturated heterocycles. The van der Waals surface area contributed by atoms with Gasteiger partial charge in [-0.2, -0.15) is 5.10 Å². The third-order valence-corrected chi connectivity index (χ3v) is 4.35. The predicted octanol–water partition coefficient (Wildman–Crippen LogP) is 5.43. The van der Waals surface area contributed by atoms with Crippen LogP contribution >= 0.6 is 11.6 Å². The van der Waals surface area contributed by atoms with E-state index in [4.69, 9.17) is 21.1 Å². The van der Waals surface area contributed by atoms with Crippen LogP contribution in [0.3, 0.4) is 0 Å². The maximum atomic E-state index is 14.3. The third-order valence-electron chi connectivity index (χ3n) is 4.12. The molecule has 2 aromatic carbocycles. The van der Waals surface area contributed by atoms with E-state index >= 15 is 0 Å². The molecule has 0 spiro atoms. The minimum absolute atomic E-state index is 0.162. The minimum Gasteiger partial charge on any atom is -0.494 e. The lowest BCUT2D eigenvalue weighted by Gasteiger charge is -2.15. The first-order chi connectivity index (χ1) is 14.0. The van der Waals surface area contributed by atoms with E-state index < -0.39 is 11.6 Å². The summed E-state index contributed by atoms with van der Waals surface area (Å²) < 4.78 is 40.6. The van der Waals surface area contributed by atoms with Gasteiger partial charge in [0.1, 0.15) is 30.0 Å². The number of nitrogens with zero attached hydrogens (tertiary/aromatic N) is 3. The summed E-state index contributed by atoms with van der Waals surface area (Å²) in [5.41, 5.74) is 0.706. The number of rotatable bonds is 9. The van der Waals surface area contributed by atoms with Gasteiger partial charge < -0.3 is 9.47 Å². The van der Waals surface area contributed by atoms with E-state index in [1.165, 1.54) is 29.5 Å². The van der Waals surface area contributed by atoms with Gasteiger partial charge in [-0.3, -0.25) is 0 Å². The van der Waals surface area contributed by atoms with Crippen LogP contribution in [0.25, 0.3) is 11.5 Å². The number of aromatic nitrogens is 3. The van der Waals surface area contributed by atoms with Crippen molar-refractivity contribution in [3.05, 3.63) is 77.3 Å². The van der Waals surface area contributed by atoms with Gasteiger partial charge in [-0.15, -0.1) is 0 Å². The molecule has 0 N–H and O–H groups in total. The van der Waals surface area contributed by atoms with Crippen molar-refractivity contribution in [3.8, 4) is 5.75 Å². The Morgan fingerprint density at radius 2 is 1.93 bits per heavy atom. The maximum absolute atomic E-state index is 14.3. The molecule has 1 aromatic heterocycles. The number of allylic oxidation sites excluding steroid dienone is 1. The zero-order valence-electron chi connectivity index (χ0n) is 15.8. The molecule has 0 fully saturated rings. The highest BCUT2D eigenvalue weighted by molar-refractivity contribution is 6.30. The summed E-state index contributed by atoms with van der Waals surface area (Å²) in [7, 11) is 0. The Labute approximate surface area is 172 Å². The second kappa shape index (κ2) is 10.0. The number of ether oxygens (including phenoxy) is 2. The van der Waals surface area contributed by atoms with Crippen molar-refractivity contribution in [2.75, 3.05) is 13.2 Å². The van der Waals surface area contributed by atoms with Gasteiger partial charge in [0.05, 0.1) is 24.5 Å². The first kappa shape index (κ1) is 20.8. The highest BCUT2D eigenvalue weighted by Gasteiger charge is 2.15. The summed E-state index contributed by atoms with van der Waals surface area (Å²) in [5, 5.41) is 4.66. The molecule has 8 heteroatoms. The molecule has 3 rings (SSSR count). The van der Waals surface area contributed by atoms with Crippen molar-refractivity contribution >= 4 is 23.1 Å². The molecule has 0 radical (unpaired) electrons. The first-order valence-electron chi connectivity index (χ1n) is 9.07. The van der Waals surface area contributed by atoms with Crippen LogP contribution in [-0.4, -0.2) is 28.0 Å². The molecule has 0 aliphatic heterocycles. The highest BCUT2D eigenvalue weighted by atomic mass is 35.5. The van der Waals surface area contributed by atoms with Crippen molar-refractivity contribution in [3.63, 3.8) is 0 Å². The van der Waals surface area contributed by atoms with Gasteiger partial charge in [-0.05, 0) is 50.1 Å². The summed E-state index contributed by atoms with van der Waals surface area (Å²) in [6, 6.07) is 10.5. The van der Waals surface area contributed by atoms with Crippen molar-refractivity contribution in [1.29, 1.82) is 0 Å². The van der Waals surface area contributed by atoms with Crippen LogP contribution in [0.2, 0.25) is 5.02 Å². The molecule has 5 nitrogen and oxygen atoms in total. The standard InChI is InChI=1S/C21H20ClF2N3O2/c1-15(27-14-25-13-26-27)21(19-8-7-17(23)12-20(19)24)29-10-3-2-9-28-18-6-4-5-16(22)11-18/h4-8,11-14H,2-3,9-10H2,1H3/b21-15-. The van der Waals surface area contributed by atoms with Gasteiger partial charge in [0.25, 0.3) is 0 Å². The molecular formula is C21H20ClF2N3O2. The fourth-order valence-corrected chi connectivity index (χ4v) is 2.84. The van der Waals surface area contributed by atoms with Crippen LogP contribution < -0.4 is 4.74 Å². The number of hydrogen-bond acceptors (Lipinski definition) is 4. The molecule has 29 heavy (non-hydrogen) atoms. The normalized spacial score (nSPS) is 11.9. The molecule has 3 aromatic rings. The second-order valence-corrected chi connectivity index (χ2v) is 6.68. The lowest BCUT2D eigenvalue weighted by atomic mass is 10.1. The van der Waals surface area contributed by atoms with Crippen LogP contribution in [0.4, 0.5) is 8.78 Å². The highest BCUT2D eigenvalue weighted by Crippen LogP contribution is 2.26. The quantitative estimate of drug-likeness (QED) is 0.342. The van der Waals surface area contributed by atoms with Crippen molar-refractivity contribution < 1.29 is 18.3 Å². The van der Waals surface area contributed by atoms with E-state index in [0.717, 1.165) is 12.5 Å². The Kier molecular flexibility index (Phi) is 7.19. The molecule has 0 amide bonds.